The number of amides is 1. The number of nitrogens with two attached hydrogens (primary N) is 1. The van der Waals surface area contributed by atoms with Crippen molar-refractivity contribution in [3.8, 4) is 0 Å². The minimum atomic E-state index is -4.07. The third kappa shape index (κ3) is 5.81. The molecular weight excluding hydrogens is 344 g/mol. The number of benzene rings is 1. The van der Waals surface area contributed by atoms with Crippen LogP contribution in [0.5, 0.6) is 0 Å². The Hall–Kier alpha value is -1.64. The number of primary sulfonamides is 1. The Kier molecular flexibility index (Phi) is 6.55. The second-order valence-corrected chi connectivity index (χ2v) is 7.30. The van der Waals surface area contributed by atoms with Crippen LogP contribution in [0.25, 0.3) is 0 Å². The first-order valence-electron chi connectivity index (χ1n) is 6.81. The van der Waals surface area contributed by atoms with Gasteiger partial charge in [-0.25, -0.2) is 18.4 Å². The molecule has 0 aliphatic carbocycles. The molecule has 1 unspecified atom stereocenters. The van der Waals surface area contributed by atoms with Crippen molar-refractivity contribution in [2.75, 3.05) is 6.61 Å². The highest BCUT2D eigenvalue weighted by Crippen LogP contribution is 2.21. The minimum absolute atomic E-state index is 0.0641. The average molecular weight is 363 g/mol. The van der Waals surface area contributed by atoms with Crippen molar-refractivity contribution in [3.05, 3.63) is 28.8 Å². The molecule has 1 amide bonds. The lowest BCUT2D eigenvalue weighted by molar-refractivity contribution is -0.125. The van der Waals surface area contributed by atoms with Crippen LogP contribution in [0.3, 0.4) is 0 Å². The Balaban J connectivity index is 2.75. The molecule has 1 aromatic rings. The van der Waals surface area contributed by atoms with E-state index in [1.165, 1.54) is 12.1 Å². The van der Waals surface area contributed by atoms with Crippen molar-refractivity contribution >= 4 is 33.5 Å². The third-order valence-electron chi connectivity index (χ3n) is 3.20. The maximum atomic E-state index is 11.9. The van der Waals surface area contributed by atoms with Crippen LogP contribution in [0.4, 0.5) is 0 Å². The molecule has 0 saturated heterocycles. The molecule has 1 atom stereocenters. The summed E-state index contributed by atoms with van der Waals surface area (Å²) in [6.45, 7) is 5.25. The zero-order valence-corrected chi connectivity index (χ0v) is 14.6. The van der Waals surface area contributed by atoms with Crippen LogP contribution < -0.4 is 10.5 Å². The van der Waals surface area contributed by atoms with Gasteiger partial charge in [0.15, 0.2) is 6.61 Å². The van der Waals surface area contributed by atoms with Crippen LogP contribution in [0, 0.1) is 5.92 Å². The van der Waals surface area contributed by atoms with Crippen LogP contribution in [-0.4, -0.2) is 32.9 Å². The molecule has 0 bridgehead atoms. The first-order valence-corrected chi connectivity index (χ1v) is 8.73. The molecule has 0 radical (unpaired) electrons. The molecule has 23 heavy (non-hydrogen) atoms. The highest BCUT2D eigenvalue weighted by atomic mass is 35.5. The molecule has 0 saturated carbocycles. The molecule has 3 N–H and O–H groups in total. The summed E-state index contributed by atoms with van der Waals surface area (Å²) in [6.07, 6.45) is 0. The number of hydrogen-bond donors (Lipinski definition) is 2. The number of ether oxygens (including phenoxy) is 1. The lowest BCUT2D eigenvalue weighted by Crippen LogP contribution is -2.38. The summed E-state index contributed by atoms with van der Waals surface area (Å²) >= 11 is 5.72. The number of carbonyl (C=O) groups excluding carboxylic acids is 2. The Morgan fingerprint density at radius 2 is 1.91 bits per heavy atom. The fourth-order valence-electron chi connectivity index (χ4n) is 1.53. The third-order valence-corrected chi connectivity index (χ3v) is 4.59. The number of sulfonamides is 1. The average Bonchev–Trinajstić information content (AvgIpc) is 2.43. The van der Waals surface area contributed by atoms with E-state index >= 15 is 0 Å². The summed E-state index contributed by atoms with van der Waals surface area (Å²) in [5.74, 6) is -1.05. The normalized spacial score (nSPS) is 12.8. The highest BCUT2D eigenvalue weighted by molar-refractivity contribution is 7.89. The maximum absolute atomic E-state index is 11.9. The van der Waals surface area contributed by atoms with Gasteiger partial charge in [-0.3, -0.25) is 4.79 Å². The fourth-order valence-corrected chi connectivity index (χ4v) is 2.60. The van der Waals surface area contributed by atoms with E-state index in [1.807, 2.05) is 20.8 Å². The number of nitrogens with one attached hydrogen (secondary N) is 1. The van der Waals surface area contributed by atoms with Gasteiger partial charge in [-0.1, -0.05) is 25.4 Å². The van der Waals surface area contributed by atoms with Gasteiger partial charge in [-0.2, -0.15) is 0 Å². The van der Waals surface area contributed by atoms with Gasteiger partial charge in [-0.15, -0.1) is 0 Å². The summed E-state index contributed by atoms with van der Waals surface area (Å²) in [4.78, 5) is 23.1. The van der Waals surface area contributed by atoms with E-state index in [4.69, 9.17) is 21.5 Å². The summed E-state index contributed by atoms with van der Waals surface area (Å²) < 4.78 is 27.6. The van der Waals surface area contributed by atoms with Gasteiger partial charge in [0, 0.05) is 6.04 Å². The van der Waals surface area contributed by atoms with Crippen molar-refractivity contribution in [2.45, 2.75) is 31.7 Å². The largest absolute Gasteiger partial charge is 0.452 e. The molecule has 0 aliphatic rings. The van der Waals surface area contributed by atoms with E-state index in [0.717, 1.165) is 6.07 Å². The molecule has 9 heteroatoms. The van der Waals surface area contributed by atoms with Gasteiger partial charge in [0.2, 0.25) is 10.0 Å². The van der Waals surface area contributed by atoms with Gasteiger partial charge >= 0.3 is 5.97 Å². The lowest BCUT2D eigenvalue weighted by Gasteiger charge is -2.17. The Morgan fingerprint density at radius 3 is 2.43 bits per heavy atom. The van der Waals surface area contributed by atoms with Crippen LogP contribution in [0.15, 0.2) is 23.1 Å². The van der Waals surface area contributed by atoms with Gasteiger partial charge in [0.1, 0.15) is 4.90 Å². The predicted molar refractivity (Wildman–Crippen MR) is 85.6 cm³/mol. The van der Waals surface area contributed by atoms with E-state index < -0.39 is 28.5 Å². The van der Waals surface area contributed by atoms with Gasteiger partial charge < -0.3 is 10.1 Å². The van der Waals surface area contributed by atoms with Gasteiger partial charge in [0.25, 0.3) is 5.91 Å². The van der Waals surface area contributed by atoms with Crippen LogP contribution in [0.1, 0.15) is 31.1 Å². The number of carbonyl (C=O) groups is 2. The number of esters is 1. The first-order chi connectivity index (χ1) is 10.5. The van der Waals surface area contributed by atoms with E-state index in [9.17, 15) is 18.0 Å². The lowest BCUT2D eigenvalue weighted by atomic mass is 10.1. The molecule has 128 valence electrons. The Bertz CT molecular complexity index is 703. The van der Waals surface area contributed by atoms with E-state index in [1.54, 1.807) is 0 Å². The van der Waals surface area contributed by atoms with Crippen LogP contribution >= 0.6 is 11.6 Å². The maximum Gasteiger partial charge on any atom is 0.338 e. The monoisotopic (exact) mass is 362 g/mol. The van der Waals surface area contributed by atoms with Crippen molar-refractivity contribution in [2.24, 2.45) is 11.1 Å². The predicted octanol–water partition coefficient (Wildman–Crippen LogP) is 1.30. The van der Waals surface area contributed by atoms with E-state index in [-0.39, 0.29) is 27.4 Å². The molecule has 7 nitrogen and oxygen atoms in total. The Morgan fingerprint density at radius 1 is 1.30 bits per heavy atom. The molecule has 1 rings (SSSR count). The fraction of sp³-hybridized carbons (Fsp3) is 0.429. The zero-order chi connectivity index (χ0) is 17.8. The molecule has 0 heterocycles. The van der Waals surface area contributed by atoms with Gasteiger partial charge in [0.05, 0.1) is 10.6 Å². The summed E-state index contributed by atoms with van der Waals surface area (Å²) in [7, 11) is -4.07. The molecule has 0 spiro atoms. The Labute approximate surface area is 140 Å². The van der Waals surface area contributed by atoms with Crippen molar-refractivity contribution in [1.82, 2.24) is 5.32 Å². The van der Waals surface area contributed by atoms with Crippen molar-refractivity contribution in [1.29, 1.82) is 0 Å². The molecule has 0 aliphatic heterocycles. The van der Waals surface area contributed by atoms with E-state index in [2.05, 4.69) is 5.32 Å². The first kappa shape index (κ1) is 19.4. The van der Waals surface area contributed by atoms with Crippen LogP contribution in [-0.2, 0) is 19.6 Å². The number of halogens is 1. The topological polar surface area (TPSA) is 116 Å². The molecular formula is C14H19ClN2O5S. The summed E-state index contributed by atoms with van der Waals surface area (Å²) in [5, 5.41) is 7.58. The molecule has 1 aromatic carbocycles. The zero-order valence-electron chi connectivity index (χ0n) is 13.0. The second-order valence-electron chi connectivity index (χ2n) is 5.37. The number of rotatable bonds is 6. The number of hydrogen-bond acceptors (Lipinski definition) is 5. The summed E-state index contributed by atoms with van der Waals surface area (Å²) in [6, 6.07) is 3.45. The molecule has 0 aromatic heterocycles. The van der Waals surface area contributed by atoms with Crippen molar-refractivity contribution < 1.29 is 22.7 Å². The molecule has 0 fully saturated rings. The smallest absolute Gasteiger partial charge is 0.338 e. The second kappa shape index (κ2) is 7.76. The highest BCUT2D eigenvalue weighted by Gasteiger charge is 2.18. The summed E-state index contributed by atoms with van der Waals surface area (Å²) in [5.41, 5.74) is -0.0665. The van der Waals surface area contributed by atoms with Gasteiger partial charge in [-0.05, 0) is 31.0 Å². The minimum Gasteiger partial charge on any atom is -0.452 e. The SMILES string of the molecule is CC(C)C(C)NC(=O)COC(=O)c1ccc(Cl)c(S(N)(=O)=O)c1. The standard InChI is InChI=1S/C14H19ClN2O5S/c1-8(2)9(3)17-13(18)7-22-14(19)10-4-5-11(15)12(6-10)23(16,20)21/h4-6,8-9H,7H2,1-3H3,(H,17,18)(H2,16,20,21). The quantitative estimate of drug-likeness (QED) is 0.740. The van der Waals surface area contributed by atoms with Crippen molar-refractivity contribution in [3.63, 3.8) is 0 Å². The van der Waals surface area contributed by atoms with Crippen LogP contribution in [0.2, 0.25) is 5.02 Å². The van der Waals surface area contributed by atoms with E-state index in [0.29, 0.717) is 0 Å².